The van der Waals surface area contributed by atoms with Crippen molar-refractivity contribution in [1.82, 2.24) is 5.32 Å². The average Bonchev–Trinajstić information content (AvgIpc) is 1.97. The van der Waals surface area contributed by atoms with Crippen LogP contribution in [0.2, 0.25) is 0 Å². The molecule has 0 aromatic heterocycles. The molecule has 0 aliphatic carbocycles. The summed E-state index contributed by atoms with van der Waals surface area (Å²) in [5.74, 6) is 0. The lowest BCUT2D eigenvalue weighted by Gasteiger charge is -1.98. The van der Waals surface area contributed by atoms with E-state index < -0.39 is 6.09 Å². The van der Waals surface area contributed by atoms with E-state index in [1.54, 1.807) is 13.0 Å². The Hall–Kier alpha value is -1.71. The van der Waals surface area contributed by atoms with Crippen LogP contribution < -0.4 is 11.1 Å². The van der Waals surface area contributed by atoms with Gasteiger partial charge >= 0.3 is 6.09 Å². The lowest BCUT2D eigenvalue weighted by Crippen LogP contribution is -2.18. The second-order valence-corrected chi connectivity index (χ2v) is 2.17. The first-order chi connectivity index (χ1) is 5.56. The first-order valence-corrected chi connectivity index (χ1v) is 3.32. The number of nitrogens with two attached hydrogens (primary N) is 1. The lowest BCUT2D eigenvalue weighted by atomic mass is 10.3. The molecule has 0 fully saturated rings. The van der Waals surface area contributed by atoms with E-state index in [4.69, 9.17) is 10.8 Å². The fourth-order valence-electron chi connectivity index (χ4n) is 0.505. The quantitative estimate of drug-likeness (QED) is 0.554. The molecule has 0 aromatic rings. The van der Waals surface area contributed by atoms with Crippen LogP contribution in [0.3, 0.4) is 0 Å². The van der Waals surface area contributed by atoms with Crippen molar-refractivity contribution in [2.24, 2.45) is 5.73 Å². The van der Waals surface area contributed by atoms with E-state index in [1.165, 1.54) is 12.2 Å². The first-order valence-electron chi connectivity index (χ1n) is 3.32. The molecule has 0 rings (SSSR count). The van der Waals surface area contributed by atoms with Crippen LogP contribution in [-0.4, -0.2) is 11.2 Å². The second-order valence-electron chi connectivity index (χ2n) is 2.17. The maximum absolute atomic E-state index is 10.2. The highest BCUT2D eigenvalue weighted by Gasteiger charge is 1.94. The monoisotopic (exact) mass is 168 g/mol. The third kappa shape index (κ3) is 5.10. The molecule has 0 atom stereocenters. The molecule has 0 unspecified atom stereocenters. The molecular formula is C8H12N2O2. The van der Waals surface area contributed by atoms with Crippen molar-refractivity contribution in [1.29, 1.82) is 0 Å². The van der Waals surface area contributed by atoms with Crippen molar-refractivity contribution in [3.8, 4) is 0 Å². The Morgan fingerprint density at radius 1 is 1.58 bits per heavy atom. The number of rotatable bonds is 3. The number of carboxylic acid groups (broad SMARTS) is 1. The average molecular weight is 168 g/mol. The highest BCUT2D eigenvalue weighted by atomic mass is 16.4. The number of nitrogens with one attached hydrogen (secondary N) is 1. The second kappa shape index (κ2) is 5.01. The van der Waals surface area contributed by atoms with Crippen LogP contribution in [-0.2, 0) is 0 Å². The van der Waals surface area contributed by atoms with Gasteiger partial charge in [-0.1, -0.05) is 6.58 Å². The Morgan fingerprint density at radius 3 is 2.50 bits per heavy atom. The molecule has 0 radical (unpaired) electrons. The fraction of sp³-hybridized carbons (Fsp3) is 0.125. The van der Waals surface area contributed by atoms with Crippen LogP contribution in [0.4, 0.5) is 4.79 Å². The van der Waals surface area contributed by atoms with E-state index >= 15 is 0 Å². The highest BCUT2D eigenvalue weighted by molar-refractivity contribution is 5.67. The summed E-state index contributed by atoms with van der Waals surface area (Å²) < 4.78 is 0. The van der Waals surface area contributed by atoms with Crippen molar-refractivity contribution in [2.45, 2.75) is 6.92 Å². The van der Waals surface area contributed by atoms with E-state index in [-0.39, 0.29) is 0 Å². The Bertz CT molecular complexity index is 237. The van der Waals surface area contributed by atoms with Gasteiger partial charge in [0.05, 0.1) is 0 Å². The van der Waals surface area contributed by atoms with Crippen LogP contribution >= 0.6 is 0 Å². The van der Waals surface area contributed by atoms with Gasteiger partial charge in [0.2, 0.25) is 0 Å². The topological polar surface area (TPSA) is 75.3 Å². The molecule has 0 saturated carbocycles. The minimum absolute atomic E-state index is 0.396. The summed E-state index contributed by atoms with van der Waals surface area (Å²) in [6, 6.07) is 0. The Balaban J connectivity index is 4.34. The van der Waals surface area contributed by atoms with Gasteiger partial charge in [0.15, 0.2) is 0 Å². The van der Waals surface area contributed by atoms with Gasteiger partial charge in [0.25, 0.3) is 0 Å². The van der Waals surface area contributed by atoms with Crippen LogP contribution in [0.5, 0.6) is 0 Å². The molecule has 0 aliphatic rings. The van der Waals surface area contributed by atoms with Crippen LogP contribution in [0, 0.1) is 0 Å². The molecule has 0 spiro atoms. The first kappa shape index (κ1) is 10.3. The lowest BCUT2D eigenvalue weighted by molar-refractivity contribution is 0.198. The summed E-state index contributed by atoms with van der Waals surface area (Å²) in [5, 5.41) is 10.5. The van der Waals surface area contributed by atoms with Gasteiger partial charge in [-0.25, -0.2) is 4.79 Å². The molecule has 4 nitrogen and oxygen atoms in total. The zero-order chi connectivity index (χ0) is 9.56. The van der Waals surface area contributed by atoms with Crippen molar-refractivity contribution in [3.63, 3.8) is 0 Å². The van der Waals surface area contributed by atoms with E-state index in [0.29, 0.717) is 11.4 Å². The minimum Gasteiger partial charge on any atom is -0.465 e. The molecule has 4 N–H and O–H groups in total. The molecule has 0 heterocycles. The van der Waals surface area contributed by atoms with E-state index in [0.717, 1.165) is 0 Å². The SMILES string of the molecule is C=C/C(=C\C=C(/C)N)NC(=O)O. The third-order valence-corrected chi connectivity index (χ3v) is 0.997. The third-order valence-electron chi connectivity index (χ3n) is 0.997. The predicted octanol–water partition coefficient (Wildman–Crippen LogP) is 1.19. The number of hydrogen-bond acceptors (Lipinski definition) is 2. The van der Waals surface area contributed by atoms with E-state index in [2.05, 4.69) is 11.9 Å². The number of allylic oxidation sites excluding steroid dienone is 4. The van der Waals surface area contributed by atoms with Gasteiger partial charge in [-0.05, 0) is 25.2 Å². The summed E-state index contributed by atoms with van der Waals surface area (Å²) >= 11 is 0. The number of carbonyl (C=O) groups is 1. The molecule has 0 saturated heterocycles. The molecule has 0 bridgehead atoms. The molecule has 12 heavy (non-hydrogen) atoms. The summed E-state index contributed by atoms with van der Waals surface area (Å²) in [7, 11) is 0. The van der Waals surface area contributed by atoms with Gasteiger partial charge < -0.3 is 10.8 Å². The van der Waals surface area contributed by atoms with Gasteiger partial charge in [-0.15, -0.1) is 0 Å². The summed E-state index contributed by atoms with van der Waals surface area (Å²) in [5.41, 5.74) is 6.33. The van der Waals surface area contributed by atoms with Crippen LogP contribution in [0.1, 0.15) is 6.92 Å². The Kier molecular flexibility index (Phi) is 4.30. The molecule has 66 valence electrons. The summed E-state index contributed by atoms with van der Waals surface area (Å²) in [6.07, 6.45) is 3.40. The largest absolute Gasteiger partial charge is 0.465 e. The standard InChI is InChI=1S/C8H12N2O2/c1-3-7(10-8(11)12)5-4-6(2)9/h3-5,10H,1,9H2,2H3,(H,11,12)/b6-4+,7-5+. The minimum atomic E-state index is -1.12. The zero-order valence-electron chi connectivity index (χ0n) is 6.87. The molecule has 0 aliphatic heterocycles. The fourth-order valence-corrected chi connectivity index (χ4v) is 0.505. The van der Waals surface area contributed by atoms with Crippen molar-refractivity contribution >= 4 is 6.09 Å². The maximum atomic E-state index is 10.2. The number of amides is 1. The van der Waals surface area contributed by atoms with Gasteiger partial charge in [0, 0.05) is 11.4 Å². The van der Waals surface area contributed by atoms with Gasteiger partial charge in [0.1, 0.15) is 0 Å². The van der Waals surface area contributed by atoms with E-state index in [9.17, 15) is 4.79 Å². The normalized spacial score (nSPS) is 12.4. The zero-order valence-corrected chi connectivity index (χ0v) is 6.87. The Labute approximate surface area is 71.1 Å². The molecule has 4 heteroatoms. The van der Waals surface area contributed by atoms with E-state index in [1.807, 2.05) is 0 Å². The summed E-state index contributed by atoms with van der Waals surface area (Å²) in [6.45, 7) is 5.13. The summed E-state index contributed by atoms with van der Waals surface area (Å²) in [4.78, 5) is 10.2. The van der Waals surface area contributed by atoms with Gasteiger partial charge in [-0.2, -0.15) is 0 Å². The van der Waals surface area contributed by atoms with Crippen molar-refractivity contribution < 1.29 is 9.90 Å². The maximum Gasteiger partial charge on any atom is 0.409 e. The van der Waals surface area contributed by atoms with Crippen LogP contribution in [0.15, 0.2) is 36.2 Å². The predicted molar refractivity (Wildman–Crippen MR) is 47.4 cm³/mol. The molecule has 1 amide bonds. The van der Waals surface area contributed by atoms with Crippen LogP contribution in [0.25, 0.3) is 0 Å². The van der Waals surface area contributed by atoms with Crippen molar-refractivity contribution in [3.05, 3.63) is 36.2 Å². The molecular weight excluding hydrogens is 156 g/mol. The highest BCUT2D eigenvalue weighted by Crippen LogP contribution is 1.92. The van der Waals surface area contributed by atoms with Crippen molar-refractivity contribution in [2.75, 3.05) is 0 Å². The smallest absolute Gasteiger partial charge is 0.409 e. The Morgan fingerprint density at radius 2 is 2.17 bits per heavy atom. The molecule has 0 aromatic carbocycles. The number of hydrogen-bond donors (Lipinski definition) is 3. The van der Waals surface area contributed by atoms with Gasteiger partial charge in [-0.3, -0.25) is 5.32 Å².